The Labute approximate surface area is 125 Å². The highest BCUT2D eigenvalue weighted by Crippen LogP contribution is 2.50. The summed E-state index contributed by atoms with van der Waals surface area (Å²) in [7, 11) is 1.81. The van der Waals surface area contributed by atoms with Crippen LogP contribution in [0.2, 0.25) is 0 Å². The van der Waals surface area contributed by atoms with E-state index in [4.69, 9.17) is 9.15 Å². The first kappa shape index (κ1) is 13.4. The van der Waals surface area contributed by atoms with Crippen LogP contribution in [0.15, 0.2) is 28.7 Å². The first-order valence-electron chi connectivity index (χ1n) is 7.96. The zero-order chi connectivity index (χ0) is 14.4. The van der Waals surface area contributed by atoms with Crippen molar-refractivity contribution in [1.82, 2.24) is 4.90 Å². The molecule has 112 valence electrons. The molecule has 0 aliphatic carbocycles. The Balaban J connectivity index is 1.87. The van der Waals surface area contributed by atoms with E-state index in [9.17, 15) is 0 Å². The first-order chi connectivity index (χ1) is 10.2. The minimum absolute atomic E-state index is 0.149. The lowest BCUT2D eigenvalue weighted by Crippen LogP contribution is -2.49. The fraction of sp³-hybridized carbons (Fsp3) is 0.556. The Bertz CT molecular complexity index is 658. The van der Waals surface area contributed by atoms with Crippen molar-refractivity contribution in [2.24, 2.45) is 5.41 Å². The summed E-state index contributed by atoms with van der Waals surface area (Å²) in [5.74, 6) is 1.20. The Hall–Kier alpha value is -1.32. The number of piperidine rings is 1. The maximum Gasteiger partial charge on any atom is 0.134 e. The average Bonchev–Trinajstić information content (AvgIpc) is 2.85. The van der Waals surface area contributed by atoms with Gasteiger partial charge >= 0.3 is 0 Å². The van der Waals surface area contributed by atoms with E-state index in [1.165, 1.54) is 36.1 Å². The third-order valence-corrected chi connectivity index (χ3v) is 5.32. The maximum atomic E-state index is 6.30. The molecule has 3 heteroatoms. The molecule has 0 bridgehead atoms. The quantitative estimate of drug-likeness (QED) is 0.839. The summed E-state index contributed by atoms with van der Waals surface area (Å²) >= 11 is 0. The van der Waals surface area contributed by atoms with Gasteiger partial charge in [0, 0.05) is 30.0 Å². The van der Waals surface area contributed by atoms with Gasteiger partial charge < -0.3 is 9.15 Å². The van der Waals surface area contributed by atoms with E-state index in [1.807, 2.05) is 7.11 Å². The van der Waals surface area contributed by atoms with E-state index in [1.54, 1.807) is 0 Å². The molecule has 0 saturated carbocycles. The summed E-state index contributed by atoms with van der Waals surface area (Å²) in [6.45, 7) is 5.47. The molecule has 4 rings (SSSR count). The van der Waals surface area contributed by atoms with Gasteiger partial charge in [0.15, 0.2) is 0 Å². The van der Waals surface area contributed by atoms with Gasteiger partial charge in [-0.15, -0.1) is 0 Å². The molecular formula is C18H23NO2. The molecule has 3 nitrogen and oxygen atoms in total. The molecule has 1 saturated heterocycles. The average molecular weight is 285 g/mol. The van der Waals surface area contributed by atoms with E-state index in [0.29, 0.717) is 6.04 Å². The van der Waals surface area contributed by atoms with Crippen LogP contribution in [0.3, 0.4) is 0 Å². The number of fused-ring (bicyclic) bond motifs is 5. The van der Waals surface area contributed by atoms with E-state index in [0.717, 1.165) is 25.2 Å². The summed E-state index contributed by atoms with van der Waals surface area (Å²) in [6.07, 6.45) is 3.57. The lowest BCUT2D eigenvalue weighted by atomic mass is 9.72. The summed E-state index contributed by atoms with van der Waals surface area (Å²) in [4.78, 5) is 2.60. The SMILES string of the molecule is COC[C@@]1(C)CCCN2CCc3c(oc4ccccc34)[C@H]21. The molecule has 21 heavy (non-hydrogen) atoms. The molecule has 0 spiro atoms. The van der Waals surface area contributed by atoms with E-state index >= 15 is 0 Å². The second-order valence-corrected chi connectivity index (χ2v) is 6.82. The lowest BCUT2D eigenvalue weighted by Gasteiger charge is -2.49. The van der Waals surface area contributed by atoms with Crippen LogP contribution < -0.4 is 0 Å². The number of benzene rings is 1. The van der Waals surface area contributed by atoms with Crippen LogP contribution in [0.4, 0.5) is 0 Å². The lowest BCUT2D eigenvalue weighted by molar-refractivity contribution is -0.0428. The van der Waals surface area contributed by atoms with Crippen LogP contribution in [0.5, 0.6) is 0 Å². The molecule has 1 aromatic heterocycles. The molecule has 0 amide bonds. The molecule has 2 aliphatic rings. The van der Waals surface area contributed by atoms with Crippen LogP contribution in [0.1, 0.15) is 37.1 Å². The summed E-state index contributed by atoms with van der Waals surface area (Å²) in [6, 6.07) is 8.82. The normalized spacial score (nSPS) is 29.3. The fourth-order valence-electron chi connectivity index (χ4n) is 4.45. The largest absolute Gasteiger partial charge is 0.459 e. The fourth-order valence-corrected chi connectivity index (χ4v) is 4.45. The van der Waals surface area contributed by atoms with Gasteiger partial charge in [0.25, 0.3) is 0 Å². The minimum Gasteiger partial charge on any atom is -0.459 e. The third-order valence-electron chi connectivity index (χ3n) is 5.32. The standard InChI is InChI=1S/C18H23NO2/c1-18(12-20-2)9-5-10-19-11-8-14-13-6-3-4-7-15(13)21-16(14)17(18)19/h3-4,6-7,17H,5,8-12H2,1-2H3/t17-,18+/m0/s1. The molecule has 2 aliphatic heterocycles. The van der Waals surface area contributed by atoms with Crippen LogP contribution in [-0.2, 0) is 11.2 Å². The molecule has 2 atom stereocenters. The Morgan fingerprint density at radius 3 is 3.05 bits per heavy atom. The number of hydrogen-bond acceptors (Lipinski definition) is 3. The Morgan fingerprint density at radius 1 is 1.33 bits per heavy atom. The molecule has 1 aromatic carbocycles. The van der Waals surface area contributed by atoms with Crippen molar-refractivity contribution in [3.8, 4) is 0 Å². The van der Waals surface area contributed by atoms with Gasteiger partial charge in [0.1, 0.15) is 11.3 Å². The predicted molar refractivity (Wildman–Crippen MR) is 83.4 cm³/mol. The highest BCUT2D eigenvalue weighted by atomic mass is 16.5. The molecular weight excluding hydrogens is 262 g/mol. The summed E-state index contributed by atoms with van der Waals surface area (Å²) in [5, 5.41) is 1.30. The van der Waals surface area contributed by atoms with Gasteiger partial charge in [-0.1, -0.05) is 25.1 Å². The van der Waals surface area contributed by atoms with E-state index in [2.05, 4.69) is 36.1 Å². The van der Waals surface area contributed by atoms with Crippen LogP contribution in [0, 0.1) is 5.41 Å². The van der Waals surface area contributed by atoms with Gasteiger partial charge in [-0.25, -0.2) is 0 Å². The predicted octanol–water partition coefficient (Wildman–Crippen LogP) is 3.78. The second-order valence-electron chi connectivity index (χ2n) is 6.82. The topological polar surface area (TPSA) is 25.6 Å². The van der Waals surface area contributed by atoms with Gasteiger partial charge in [-0.3, -0.25) is 4.90 Å². The number of furan rings is 1. The van der Waals surface area contributed by atoms with Crippen molar-refractivity contribution < 1.29 is 9.15 Å². The molecule has 0 radical (unpaired) electrons. The zero-order valence-electron chi connectivity index (χ0n) is 12.9. The van der Waals surface area contributed by atoms with Crippen LogP contribution in [-0.4, -0.2) is 31.7 Å². The number of ether oxygens (including phenoxy) is 1. The van der Waals surface area contributed by atoms with Crippen molar-refractivity contribution in [2.75, 3.05) is 26.8 Å². The number of rotatable bonds is 2. The van der Waals surface area contributed by atoms with Crippen LogP contribution in [0.25, 0.3) is 11.0 Å². The highest BCUT2D eigenvalue weighted by molar-refractivity contribution is 5.82. The number of methoxy groups -OCH3 is 1. The monoisotopic (exact) mass is 285 g/mol. The van der Waals surface area contributed by atoms with Crippen molar-refractivity contribution in [2.45, 2.75) is 32.2 Å². The number of nitrogens with zero attached hydrogens (tertiary/aromatic N) is 1. The molecule has 0 N–H and O–H groups in total. The number of para-hydroxylation sites is 1. The molecule has 2 aromatic rings. The van der Waals surface area contributed by atoms with Crippen molar-refractivity contribution in [3.63, 3.8) is 0 Å². The number of hydrogen-bond donors (Lipinski definition) is 0. The maximum absolute atomic E-state index is 6.30. The highest BCUT2D eigenvalue weighted by Gasteiger charge is 2.46. The Morgan fingerprint density at radius 2 is 2.19 bits per heavy atom. The van der Waals surface area contributed by atoms with E-state index in [-0.39, 0.29) is 5.41 Å². The van der Waals surface area contributed by atoms with Gasteiger partial charge in [-0.05, 0) is 31.9 Å². The van der Waals surface area contributed by atoms with Crippen molar-refractivity contribution in [1.29, 1.82) is 0 Å². The Kier molecular flexibility index (Phi) is 3.09. The third kappa shape index (κ3) is 1.95. The van der Waals surface area contributed by atoms with Gasteiger partial charge in [0.2, 0.25) is 0 Å². The smallest absolute Gasteiger partial charge is 0.134 e. The summed E-state index contributed by atoms with van der Waals surface area (Å²) < 4.78 is 11.9. The van der Waals surface area contributed by atoms with Crippen molar-refractivity contribution in [3.05, 3.63) is 35.6 Å². The molecule has 3 heterocycles. The minimum atomic E-state index is 0.149. The van der Waals surface area contributed by atoms with Gasteiger partial charge in [0.05, 0.1) is 12.6 Å². The second kappa shape index (κ2) is 4.85. The van der Waals surface area contributed by atoms with Crippen molar-refractivity contribution >= 4 is 11.0 Å². The molecule has 0 unspecified atom stereocenters. The molecule has 1 fully saturated rings. The van der Waals surface area contributed by atoms with E-state index < -0.39 is 0 Å². The summed E-state index contributed by atoms with van der Waals surface area (Å²) in [5.41, 5.74) is 2.61. The van der Waals surface area contributed by atoms with Gasteiger partial charge in [-0.2, -0.15) is 0 Å². The first-order valence-corrected chi connectivity index (χ1v) is 7.96. The van der Waals surface area contributed by atoms with Crippen LogP contribution >= 0.6 is 0 Å². The zero-order valence-corrected chi connectivity index (χ0v) is 12.9.